The van der Waals surface area contributed by atoms with Gasteiger partial charge in [0.25, 0.3) is 0 Å². The number of aromatic nitrogens is 1. The van der Waals surface area contributed by atoms with E-state index in [0.717, 1.165) is 17.0 Å². The minimum atomic E-state index is 0.733. The number of hydrogen-bond acceptors (Lipinski definition) is 2. The molecule has 0 aliphatic carbocycles. The largest absolute Gasteiger partial charge is 0.358 e. The van der Waals surface area contributed by atoms with Crippen molar-refractivity contribution in [2.24, 2.45) is 0 Å². The van der Waals surface area contributed by atoms with Gasteiger partial charge in [0.1, 0.15) is 6.07 Å². The highest BCUT2D eigenvalue weighted by molar-refractivity contribution is 7.99. The zero-order chi connectivity index (χ0) is 12.5. The maximum atomic E-state index is 9.00. The third-order valence-corrected chi connectivity index (χ3v) is 4.56. The Morgan fingerprint density at radius 2 is 2.22 bits per heavy atom. The summed E-state index contributed by atoms with van der Waals surface area (Å²) in [5.41, 5.74) is 5.34. The Balaban J connectivity index is 2.04. The van der Waals surface area contributed by atoms with Gasteiger partial charge in [-0.2, -0.15) is 5.26 Å². The van der Waals surface area contributed by atoms with Crippen LogP contribution in [0.3, 0.4) is 0 Å². The summed E-state index contributed by atoms with van der Waals surface area (Å²) in [5, 5.41) is 9.00. The lowest BCUT2D eigenvalue weighted by molar-refractivity contribution is 0.890. The van der Waals surface area contributed by atoms with E-state index in [1.54, 1.807) is 0 Å². The van der Waals surface area contributed by atoms with E-state index in [4.69, 9.17) is 5.26 Å². The molecule has 3 rings (SSSR count). The number of aryl methyl sites for hydroxylation is 2. The van der Waals surface area contributed by atoms with Crippen molar-refractivity contribution in [1.82, 2.24) is 4.98 Å². The number of fused-ring (bicyclic) bond motifs is 1. The van der Waals surface area contributed by atoms with Crippen LogP contribution in [-0.4, -0.2) is 10.7 Å². The molecule has 1 aliphatic rings. The maximum Gasteiger partial charge on any atom is 0.101 e. The molecule has 1 N–H and O–H groups in total. The lowest BCUT2D eigenvalue weighted by atomic mass is 10.0. The Kier molecular flexibility index (Phi) is 2.89. The highest BCUT2D eigenvalue weighted by Gasteiger charge is 2.12. The second-order valence-electron chi connectivity index (χ2n) is 4.61. The molecule has 0 atom stereocenters. The van der Waals surface area contributed by atoms with Crippen LogP contribution in [0.4, 0.5) is 0 Å². The number of rotatable bonds is 1. The van der Waals surface area contributed by atoms with Crippen LogP contribution in [0.2, 0.25) is 0 Å². The summed E-state index contributed by atoms with van der Waals surface area (Å²) in [4.78, 5) is 4.70. The van der Waals surface area contributed by atoms with Crippen molar-refractivity contribution in [3.05, 3.63) is 41.1 Å². The summed E-state index contributed by atoms with van der Waals surface area (Å²) < 4.78 is 0. The molecule has 18 heavy (non-hydrogen) atoms. The first-order chi connectivity index (χ1) is 8.78. The van der Waals surface area contributed by atoms with E-state index in [0.29, 0.717) is 0 Å². The summed E-state index contributed by atoms with van der Waals surface area (Å²) in [6, 6.07) is 10.8. The number of thioether (sulfide) groups is 1. The van der Waals surface area contributed by atoms with Crippen LogP contribution >= 0.6 is 11.8 Å². The highest BCUT2D eigenvalue weighted by atomic mass is 32.2. The van der Waals surface area contributed by atoms with E-state index in [2.05, 4.69) is 29.3 Å². The SMILES string of the molecule is Cc1[nH]c(-c2ccc3c(c2)CCCS3)cc1C#N. The molecule has 0 saturated carbocycles. The fourth-order valence-corrected chi connectivity index (χ4v) is 3.38. The molecule has 1 aliphatic heterocycles. The van der Waals surface area contributed by atoms with Crippen molar-refractivity contribution < 1.29 is 0 Å². The number of aromatic amines is 1. The Bertz CT molecular complexity index is 634. The Morgan fingerprint density at radius 1 is 1.33 bits per heavy atom. The van der Waals surface area contributed by atoms with Gasteiger partial charge in [0.05, 0.1) is 5.56 Å². The monoisotopic (exact) mass is 254 g/mol. The molecule has 1 aromatic heterocycles. The Labute approximate surface area is 111 Å². The van der Waals surface area contributed by atoms with Crippen molar-refractivity contribution in [1.29, 1.82) is 5.26 Å². The van der Waals surface area contributed by atoms with Crippen LogP contribution in [0.1, 0.15) is 23.2 Å². The summed E-state index contributed by atoms with van der Waals surface area (Å²) in [6.07, 6.45) is 2.43. The van der Waals surface area contributed by atoms with Crippen LogP contribution in [0, 0.1) is 18.3 Å². The van der Waals surface area contributed by atoms with Gasteiger partial charge in [-0.25, -0.2) is 0 Å². The second kappa shape index (κ2) is 4.55. The molecule has 2 nitrogen and oxygen atoms in total. The number of nitrogens with zero attached hydrogens (tertiary/aromatic N) is 1. The smallest absolute Gasteiger partial charge is 0.101 e. The van der Waals surface area contributed by atoms with Crippen molar-refractivity contribution >= 4 is 11.8 Å². The summed E-state index contributed by atoms with van der Waals surface area (Å²) in [6.45, 7) is 1.94. The van der Waals surface area contributed by atoms with E-state index in [1.165, 1.54) is 34.6 Å². The molecule has 1 aromatic carbocycles. The molecule has 0 fully saturated rings. The first-order valence-electron chi connectivity index (χ1n) is 6.14. The van der Waals surface area contributed by atoms with Crippen LogP contribution in [0.25, 0.3) is 11.3 Å². The van der Waals surface area contributed by atoms with E-state index in [9.17, 15) is 0 Å². The van der Waals surface area contributed by atoms with Crippen LogP contribution in [0.5, 0.6) is 0 Å². The predicted octanol–water partition coefficient (Wildman–Crippen LogP) is 3.90. The topological polar surface area (TPSA) is 39.6 Å². The fourth-order valence-electron chi connectivity index (χ4n) is 2.36. The van der Waals surface area contributed by atoms with Gasteiger partial charge in [-0.3, -0.25) is 0 Å². The molecule has 0 amide bonds. The number of nitrogens with one attached hydrogen (secondary N) is 1. The Hall–Kier alpha value is -1.66. The zero-order valence-corrected chi connectivity index (χ0v) is 11.1. The number of hydrogen-bond donors (Lipinski definition) is 1. The second-order valence-corrected chi connectivity index (χ2v) is 5.74. The highest BCUT2D eigenvalue weighted by Crippen LogP contribution is 2.33. The third-order valence-electron chi connectivity index (χ3n) is 3.35. The fraction of sp³-hybridized carbons (Fsp3) is 0.267. The van der Waals surface area contributed by atoms with Crippen LogP contribution < -0.4 is 0 Å². The van der Waals surface area contributed by atoms with Gasteiger partial charge in [0.15, 0.2) is 0 Å². The van der Waals surface area contributed by atoms with Gasteiger partial charge >= 0.3 is 0 Å². The molecule has 0 spiro atoms. The summed E-state index contributed by atoms with van der Waals surface area (Å²) in [7, 11) is 0. The first kappa shape index (κ1) is 11.4. The Morgan fingerprint density at radius 3 is 3.00 bits per heavy atom. The predicted molar refractivity (Wildman–Crippen MR) is 74.7 cm³/mol. The number of benzene rings is 1. The van der Waals surface area contributed by atoms with Crippen molar-refractivity contribution in [2.75, 3.05) is 5.75 Å². The minimum absolute atomic E-state index is 0.733. The van der Waals surface area contributed by atoms with Crippen molar-refractivity contribution in [3.8, 4) is 17.3 Å². The van der Waals surface area contributed by atoms with Crippen LogP contribution in [0.15, 0.2) is 29.2 Å². The number of nitriles is 1. The average Bonchev–Trinajstić information content (AvgIpc) is 2.79. The maximum absolute atomic E-state index is 9.00. The number of H-pyrrole nitrogens is 1. The minimum Gasteiger partial charge on any atom is -0.358 e. The molecular formula is C15H14N2S. The van der Waals surface area contributed by atoms with E-state index < -0.39 is 0 Å². The van der Waals surface area contributed by atoms with Crippen molar-refractivity contribution in [2.45, 2.75) is 24.7 Å². The normalized spacial score (nSPS) is 14.0. The molecule has 0 radical (unpaired) electrons. The molecule has 0 unspecified atom stereocenters. The van der Waals surface area contributed by atoms with E-state index >= 15 is 0 Å². The molecule has 2 aromatic rings. The molecule has 0 bridgehead atoms. The molecule has 90 valence electrons. The molecule has 3 heteroatoms. The van der Waals surface area contributed by atoms with Gasteiger partial charge in [0.2, 0.25) is 0 Å². The molecule has 0 saturated heterocycles. The van der Waals surface area contributed by atoms with E-state index in [-0.39, 0.29) is 0 Å². The van der Waals surface area contributed by atoms with Gasteiger partial charge < -0.3 is 4.98 Å². The quantitative estimate of drug-likeness (QED) is 0.838. The van der Waals surface area contributed by atoms with E-state index in [1.807, 2.05) is 24.8 Å². The van der Waals surface area contributed by atoms with Crippen molar-refractivity contribution in [3.63, 3.8) is 0 Å². The van der Waals surface area contributed by atoms with Crippen LogP contribution in [-0.2, 0) is 6.42 Å². The van der Waals surface area contributed by atoms with Gasteiger partial charge in [-0.1, -0.05) is 6.07 Å². The standard InChI is InChI=1S/C15H14N2S/c1-10-13(9-16)8-14(17-10)11-4-5-15-12(7-11)3-2-6-18-15/h4-5,7-8,17H,2-3,6H2,1H3. The third kappa shape index (κ3) is 1.93. The lowest BCUT2D eigenvalue weighted by Gasteiger charge is -2.15. The summed E-state index contributed by atoms with van der Waals surface area (Å²) >= 11 is 1.94. The average molecular weight is 254 g/mol. The zero-order valence-electron chi connectivity index (χ0n) is 10.3. The van der Waals surface area contributed by atoms with Gasteiger partial charge in [-0.15, -0.1) is 11.8 Å². The molecule has 2 heterocycles. The molecular weight excluding hydrogens is 240 g/mol. The lowest BCUT2D eigenvalue weighted by Crippen LogP contribution is -1.98. The van der Waals surface area contributed by atoms with Gasteiger partial charge in [0, 0.05) is 16.3 Å². The van der Waals surface area contributed by atoms with Gasteiger partial charge in [-0.05, 0) is 54.8 Å². The summed E-state index contributed by atoms with van der Waals surface area (Å²) in [5.74, 6) is 1.23. The first-order valence-corrected chi connectivity index (χ1v) is 7.12.